The number of alkyl halides is 3. The Morgan fingerprint density at radius 3 is 2.73 bits per heavy atom. The van der Waals surface area contributed by atoms with Gasteiger partial charge in [-0.25, -0.2) is 4.98 Å². The molecule has 0 atom stereocenters. The maximum absolute atomic E-state index is 12.6. The van der Waals surface area contributed by atoms with Crippen LogP contribution in [0.15, 0.2) is 39.5 Å². The molecule has 0 spiro atoms. The molecule has 30 heavy (non-hydrogen) atoms. The van der Waals surface area contributed by atoms with Gasteiger partial charge in [0.2, 0.25) is 0 Å². The van der Waals surface area contributed by atoms with Gasteiger partial charge in [-0.1, -0.05) is 26.0 Å². The summed E-state index contributed by atoms with van der Waals surface area (Å²) in [7, 11) is 0. The van der Waals surface area contributed by atoms with Crippen molar-refractivity contribution in [3.8, 4) is 16.3 Å². The summed E-state index contributed by atoms with van der Waals surface area (Å²) >= 11 is 2.28. The van der Waals surface area contributed by atoms with E-state index >= 15 is 0 Å². The summed E-state index contributed by atoms with van der Waals surface area (Å²) in [6, 6.07) is 5.75. The van der Waals surface area contributed by atoms with Gasteiger partial charge in [-0.05, 0) is 30.0 Å². The summed E-state index contributed by atoms with van der Waals surface area (Å²) in [5.74, 6) is -0.677. The van der Waals surface area contributed by atoms with Crippen molar-refractivity contribution in [3.63, 3.8) is 0 Å². The number of carbonyl (C=O) groups excluding carboxylic acids is 1. The summed E-state index contributed by atoms with van der Waals surface area (Å²) in [6.45, 7) is 4.02. The van der Waals surface area contributed by atoms with Gasteiger partial charge >= 0.3 is 6.36 Å². The number of thioether (sulfide) groups is 1. The van der Waals surface area contributed by atoms with E-state index in [2.05, 4.69) is 20.0 Å². The van der Waals surface area contributed by atoms with E-state index in [4.69, 9.17) is 0 Å². The van der Waals surface area contributed by atoms with Gasteiger partial charge in [0.1, 0.15) is 10.8 Å². The van der Waals surface area contributed by atoms with Gasteiger partial charge in [-0.3, -0.25) is 9.79 Å². The molecular formula is C19H18F3N3O3S2. The first-order chi connectivity index (χ1) is 14.1. The molecule has 2 heterocycles. The van der Waals surface area contributed by atoms with E-state index in [1.54, 1.807) is 17.5 Å². The number of ether oxygens (including phenoxy) is 1. The van der Waals surface area contributed by atoms with E-state index in [0.29, 0.717) is 27.3 Å². The van der Waals surface area contributed by atoms with E-state index in [0.717, 1.165) is 23.1 Å². The lowest BCUT2D eigenvalue weighted by molar-refractivity contribution is -0.274. The van der Waals surface area contributed by atoms with Gasteiger partial charge in [-0.15, -0.1) is 24.5 Å². The number of rotatable bonds is 6. The molecule has 2 aromatic rings. The molecule has 0 radical (unpaired) electrons. The van der Waals surface area contributed by atoms with Crippen molar-refractivity contribution in [3.05, 3.63) is 40.2 Å². The Bertz CT molecular complexity index is 1000. The van der Waals surface area contributed by atoms with Crippen molar-refractivity contribution < 1.29 is 27.8 Å². The lowest BCUT2D eigenvalue weighted by Crippen LogP contribution is -2.24. The maximum atomic E-state index is 12.6. The van der Waals surface area contributed by atoms with Gasteiger partial charge < -0.3 is 15.2 Å². The Morgan fingerprint density at radius 1 is 1.30 bits per heavy atom. The number of para-hydroxylation sites is 1. The number of amidine groups is 1. The fraction of sp³-hybridized carbons (Fsp3) is 0.316. The van der Waals surface area contributed by atoms with Crippen molar-refractivity contribution in [1.82, 2.24) is 10.3 Å². The molecule has 0 aliphatic carbocycles. The number of halogens is 3. The summed E-state index contributed by atoms with van der Waals surface area (Å²) in [6.07, 6.45) is -3.26. The lowest BCUT2D eigenvalue weighted by atomic mass is 9.95. The number of carbonyl (C=O) groups is 1. The molecular weight excluding hydrogens is 439 g/mol. The zero-order valence-electron chi connectivity index (χ0n) is 16.0. The Balaban J connectivity index is 1.79. The number of hydrogen-bond acceptors (Lipinski definition) is 7. The summed E-state index contributed by atoms with van der Waals surface area (Å²) in [5, 5.41) is 14.3. The second kappa shape index (κ2) is 8.78. The van der Waals surface area contributed by atoms with Crippen LogP contribution in [0.1, 0.15) is 19.5 Å². The second-order valence-corrected chi connectivity index (χ2v) is 9.02. The smallest absolute Gasteiger partial charge is 0.405 e. The molecule has 1 amide bonds. The number of aliphatic hydroxyl groups excluding tert-OH is 1. The molecule has 160 valence electrons. The molecule has 2 N–H and O–H groups in total. The van der Waals surface area contributed by atoms with Crippen LogP contribution in [0, 0.1) is 5.41 Å². The number of aliphatic hydroxyl groups is 1. The Morgan fingerprint density at radius 2 is 2.03 bits per heavy atom. The molecule has 3 rings (SSSR count). The topological polar surface area (TPSA) is 83.8 Å². The summed E-state index contributed by atoms with van der Waals surface area (Å²) in [4.78, 5) is 21.2. The Hall–Kier alpha value is -2.37. The number of thiazole rings is 1. The largest absolute Gasteiger partial charge is 0.573 e. The molecule has 1 fully saturated rings. The minimum Gasteiger partial charge on any atom is -0.405 e. The minimum atomic E-state index is -4.81. The van der Waals surface area contributed by atoms with Crippen molar-refractivity contribution in [1.29, 1.82) is 0 Å². The highest BCUT2D eigenvalue weighted by Crippen LogP contribution is 2.36. The molecule has 0 bridgehead atoms. The standard InChI is InChI=1S/C19H18F3N3O3S2/c1-18(2,10-26)9-23-17-25-15(27)14(30-17)7-11-8-29-16(24-11)12-5-3-4-6-13(12)28-19(20,21)22/h3-8,26H,9-10H2,1-2H3,(H,23,25,27)/b14-7-. The first-order valence-corrected chi connectivity index (χ1v) is 10.4. The van der Waals surface area contributed by atoms with E-state index in [9.17, 15) is 23.1 Å². The van der Waals surface area contributed by atoms with Gasteiger partial charge in [0.05, 0.1) is 16.2 Å². The van der Waals surface area contributed by atoms with Crippen molar-refractivity contribution >= 4 is 40.2 Å². The molecule has 0 unspecified atom stereocenters. The van der Waals surface area contributed by atoms with Crippen LogP contribution in [0.2, 0.25) is 0 Å². The average Bonchev–Trinajstić information content (AvgIpc) is 3.26. The van der Waals surface area contributed by atoms with Crippen LogP contribution in [0.5, 0.6) is 5.75 Å². The quantitative estimate of drug-likeness (QED) is 0.633. The zero-order chi connectivity index (χ0) is 21.9. The Kier molecular flexibility index (Phi) is 6.53. The van der Waals surface area contributed by atoms with E-state index in [-0.39, 0.29) is 23.8 Å². The zero-order valence-corrected chi connectivity index (χ0v) is 17.6. The number of aliphatic imine (C=N–C) groups is 1. The van der Waals surface area contributed by atoms with E-state index in [1.807, 2.05) is 13.8 Å². The number of amides is 1. The molecule has 1 aromatic carbocycles. The van der Waals surface area contributed by atoms with Crippen LogP contribution in [-0.4, -0.2) is 40.7 Å². The molecule has 11 heteroatoms. The van der Waals surface area contributed by atoms with Crippen LogP contribution in [0.4, 0.5) is 13.2 Å². The molecule has 6 nitrogen and oxygen atoms in total. The van der Waals surface area contributed by atoms with Crippen LogP contribution < -0.4 is 10.1 Å². The Labute approximate surface area is 178 Å². The number of hydrogen-bond donors (Lipinski definition) is 2. The molecule has 1 aliphatic heterocycles. The highest BCUT2D eigenvalue weighted by Gasteiger charge is 2.32. The number of benzene rings is 1. The third-order valence-corrected chi connectivity index (χ3v) is 5.72. The minimum absolute atomic E-state index is 0.0355. The summed E-state index contributed by atoms with van der Waals surface area (Å²) < 4.78 is 42.0. The first kappa shape index (κ1) is 22.3. The van der Waals surface area contributed by atoms with Crippen molar-refractivity contribution in [2.45, 2.75) is 20.2 Å². The molecule has 1 aliphatic rings. The highest BCUT2D eigenvalue weighted by atomic mass is 32.2. The molecule has 1 saturated heterocycles. The predicted octanol–water partition coefficient (Wildman–Crippen LogP) is 4.29. The third kappa shape index (κ3) is 5.83. The fourth-order valence-electron chi connectivity index (χ4n) is 2.30. The van der Waals surface area contributed by atoms with E-state index in [1.165, 1.54) is 18.2 Å². The van der Waals surface area contributed by atoms with Crippen LogP contribution in [0.3, 0.4) is 0 Å². The van der Waals surface area contributed by atoms with Crippen molar-refractivity contribution in [2.75, 3.05) is 13.2 Å². The predicted molar refractivity (Wildman–Crippen MR) is 111 cm³/mol. The molecule has 1 aromatic heterocycles. The monoisotopic (exact) mass is 457 g/mol. The second-order valence-electron chi connectivity index (χ2n) is 7.13. The SMILES string of the molecule is CC(C)(CO)CN=C1NC(=O)/C(=C/c2csc(-c3ccccc3OC(F)(F)F)n2)S1. The van der Waals surface area contributed by atoms with E-state index < -0.39 is 11.8 Å². The number of aromatic nitrogens is 1. The third-order valence-electron chi connectivity index (χ3n) is 3.87. The first-order valence-electron chi connectivity index (χ1n) is 8.73. The average molecular weight is 457 g/mol. The van der Waals surface area contributed by atoms with Crippen molar-refractivity contribution in [2.24, 2.45) is 10.4 Å². The normalized spacial score (nSPS) is 17.6. The number of nitrogens with zero attached hydrogens (tertiary/aromatic N) is 2. The number of nitrogens with one attached hydrogen (secondary N) is 1. The summed E-state index contributed by atoms with van der Waals surface area (Å²) in [5.41, 5.74) is 0.244. The maximum Gasteiger partial charge on any atom is 0.573 e. The van der Waals surface area contributed by atoms with Crippen LogP contribution >= 0.6 is 23.1 Å². The fourth-order valence-corrected chi connectivity index (χ4v) is 3.92. The van der Waals surface area contributed by atoms with Gasteiger partial charge in [0, 0.05) is 23.9 Å². The van der Waals surface area contributed by atoms with Gasteiger partial charge in [-0.2, -0.15) is 0 Å². The van der Waals surface area contributed by atoms with Crippen LogP contribution in [-0.2, 0) is 4.79 Å². The van der Waals surface area contributed by atoms with Crippen LogP contribution in [0.25, 0.3) is 16.6 Å². The van der Waals surface area contributed by atoms with Gasteiger partial charge in [0.25, 0.3) is 5.91 Å². The highest BCUT2D eigenvalue weighted by molar-refractivity contribution is 8.18. The molecule has 0 saturated carbocycles. The lowest BCUT2D eigenvalue weighted by Gasteiger charge is -2.18. The van der Waals surface area contributed by atoms with Gasteiger partial charge in [0.15, 0.2) is 5.17 Å².